The van der Waals surface area contributed by atoms with Crippen molar-refractivity contribution in [1.29, 1.82) is 0 Å². The molecule has 1 atom stereocenters. The second-order valence-electron chi connectivity index (χ2n) is 6.24. The number of nitrogens with one attached hydrogen (secondary N) is 1. The third-order valence-corrected chi connectivity index (χ3v) is 4.78. The first-order valence-corrected chi connectivity index (χ1v) is 8.97. The molecule has 28 heavy (non-hydrogen) atoms. The fourth-order valence-corrected chi connectivity index (χ4v) is 3.36. The lowest BCUT2D eigenvalue weighted by Gasteiger charge is -2.15. The summed E-state index contributed by atoms with van der Waals surface area (Å²) >= 11 is 5.96. The van der Waals surface area contributed by atoms with Crippen molar-refractivity contribution in [1.82, 2.24) is 24.8 Å². The van der Waals surface area contributed by atoms with Gasteiger partial charge in [-0.15, -0.1) is 0 Å². The van der Waals surface area contributed by atoms with Gasteiger partial charge in [0.15, 0.2) is 0 Å². The van der Waals surface area contributed by atoms with Gasteiger partial charge in [-0.1, -0.05) is 11.6 Å². The van der Waals surface area contributed by atoms with Crippen LogP contribution in [0, 0.1) is 0 Å². The van der Waals surface area contributed by atoms with Crippen molar-refractivity contribution in [2.45, 2.75) is 19.0 Å². The number of benzene rings is 1. The van der Waals surface area contributed by atoms with Crippen molar-refractivity contribution >= 4 is 17.5 Å². The Kier molecular flexibility index (Phi) is 4.79. The molecule has 0 spiro atoms. The molecule has 1 aliphatic heterocycles. The molecule has 0 bridgehead atoms. The van der Waals surface area contributed by atoms with E-state index in [1.807, 2.05) is 0 Å². The van der Waals surface area contributed by atoms with Crippen LogP contribution < -0.4 is 15.6 Å². The van der Waals surface area contributed by atoms with E-state index in [9.17, 15) is 9.59 Å². The Bertz CT molecular complexity index is 1100. The van der Waals surface area contributed by atoms with Crippen molar-refractivity contribution in [3.8, 4) is 17.1 Å². The number of halogens is 1. The molecule has 9 heteroatoms. The minimum atomic E-state index is -0.401. The molecule has 0 saturated carbocycles. The first-order chi connectivity index (χ1) is 13.6. The molecule has 4 rings (SSSR count). The molecule has 0 aliphatic carbocycles. The van der Waals surface area contributed by atoms with Crippen LogP contribution in [0.1, 0.15) is 28.6 Å². The van der Waals surface area contributed by atoms with Crippen LogP contribution in [-0.2, 0) is 6.54 Å². The number of ether oxygens (including phenoxy) is 1. The highest BCUT2D eigenvalue weighted by Gasteiger charge is 2.28. The fraction of sp³-hybridized carbons (Fsp3) is 0.211. The van der Waals surface area contributed by atoms with Crippen molar-refractivity contribution in [2.75, 3.05) is 7.11 Å². The summed E-state index contributed by atoms with van der Waals surface area (Å²) in [6, 6.07) is 7.52. The largest absolute Gasteiger partial charge is 0.496 e. The van der Waals surface area contributed by atoms with Gasteiger partial charge in [-0.3, -0.25) is 14.2 Å². The Labute approximate surface area is 165 Å². The Balaban J connectivity index is 1.65. The van der Waals surface area contributed by atoms with Gasteiger partial charge < -0.3 is 10.1 Å². The number of hydrogen-bond donors (Lipinski definition) is 1. The Morgan fingerprint density at radius 2 is 2.14 bits per heavy atom. The Morgan fingerprint density at radius 1 is 1.29 bits per heavy atom. The number of rotatable bonds is 4. The SMILES string of the molecule is COc1cc(Cl)ccc1C(=O)NC1CCn2c1nc(-c1ccncn1)cc2=O. The standard InChI is InChI=1S/C19H16ClN5O3/c1-28-16-8-11(20)2-3-12(16)19(27)24-14-5-7-25-17(26)9-15(23-18(14)25)13-4-6-21-10-22-13/h2-4,6,8-10,14H,5,7H2,1H3,(H,24,27). The molecule has 3 aromatic rings. The highest BCUT2D eigenvalue weighted by Crippen LogP contribution is 2.27. The van der Waals surface area contributed by atoms with Crippen molar-refractivity contribution in [3.05, 3.63) is 69.6 Å². The van der Waals surface area contributed by atoms with E-state index in [2.05, 4.69) is 20.3 Å². The normalized spacial score (nSPS) is 15.1. The van der Waals surface area contributed by atoms with Crippen LogP contribution in [0.2, 0.25) is 5.02 Å². The van der Waals surface area contributed by atoms with Gasteiger partial charge in [-0.05, 0) is 30.7 Å². The van der Waals surface area contributed by atoms with Crippen LogP contribution in [0.3, 0.4) is 0 Å². The Morgan fingerprint density at radius 3 is 2.89 bits per heavy atom. The van der Waals surface area contributed by atoms with Gasteiger partial charge in [-0.25, -0.2) is 15.0 Å². The molecule has 0 saturated heterocycles. The summed E-state index contributed by atoms with van der Waals surface area (Å²) in [4.78, 5) is 37.8. The van der Waals surface area contributed by atoms with Crippen LogP contribution in [0.25, 0.3) is 11.4 Å². The summed E-state index contributed by atoms with van der Waals surface area (Å²) in [6.07, 6.45) is 3.55. The van der Waals surface area contributed by atoms with Gasteiger partial charge in [0, 0.05) is 23.8 Å². The van der Waals surface area contributed by atoms with E-state index in [0.29, 0.717) is 46.5 Å². The van der Waals surface area contributed by atoms with E-state index in [-0.39, 0.29) is 11.5 Å². The zero-order chi connectivity index (χ0) is 19.7. The smallest absolute Gasteiger partial charge is 0.255 e. The summed E-state index contributed by atoms with van der Waals surface area (Å²) in [5, 5.41) is 3.41. The lowest BCUT2D eigenvalue weighted by molar-refractivity contribution is 0.0933. The Hall–Kier alpha value is -3.26. The molecule has 0 fully saturated rings. The lowest BCUT2D eigenvalue weighted by atomic mass is 10.1. The molecule has 8 nitrogen and oxygen atoms in total. The van der Waals surface area contributed by atoms with Crippen molar-refractivity contribution in [2.24, 2.45) is 0 Å². The minimum absolute atomic E-state index is 0.181. The fourth-order valence-electron chi connectivity index (χ4n) is 3.20. The van der Waals surface area contributed by atoms with Gasteiger partial charge in [0.05, 0.1) is 30.1 Å². The second kappa shape index (κ2) is 7.40. The molecule has 0 radical (unpaired) electrons. The molecule has 3 heterocycles. The van der Waals surface area contributed by atoms with Gasteiger partial charge in [0.1, 0.15) is 17.9 Å². The molecule has 1 aliphatic rings. The molecular formula is C19H16ClN5O3. The van der Waals surface area contributed by atoms with E-state index in [0.717, 1.165) is 0 Å². The van der Waals surface area contributed by atoms with E-state index in [1.54, 1.807) is 35.0 Å². The maximum atomic E-state index is 12.8. The summed E-state index contributed by atoms with van der Waals surface area (Å²) in [5.41, 5.74) is 1.18. The van der Waals surface area contributed by atoms with Crippen LogP contribution in [0.5, 0.6) is 5.75 Å². The number of carbonyl (C=O) groups is 1. The third kappa shape index (κ3) is 3.34. The number of carbonyl (C=O) groups excluding carboxylic acids is 1. The highest BCUT2D eigenvalue weighted by molar-refractivity contribution is 6.30. The molecule has 1 aromatic carbocycles. The maximum absolute atomic E-state index is 12.8. The zero-order valence-corrected chi connectivity index (χ0v) is 15.7. The van der Waals surface area contributed by atoms with E-state index in [1.165, 1.54) is 19.5 Å². The molecule has 2 aromatic heterocycles. The number of amides is 1. The number of aromatic nitrogens is 4. The molecule has 1 unspecified atom stereocenters. The molecule has 142 valence electrons. The number of nitrogens with zero attached hydrogens (tertiary/aromatic N) is 4. The summed E-state index contributed by atoms with van der Waals surface area (Å²) in [5.74, 6) is 0.555. The summed E-state index contributed by atoms with van der Waals surface area (Å²) in [7, 11) is 1.47. The lowest BCUT2D eigenvalue weighted by Crippen LogP contribution is -2.29. The first kappa shape index (κ1) is 18.1. The number of hydrogen-bond acceptors (Lipinski definition) is 6. The highest BCUT2D eigenvalue weighted by atomic mass is 35.5. The molecule has 1 amide bonds. The maximum Gasteiger partial charge on any atom is 0.255 e. The van der Waals surface area contributed by atoms with Crippen LogP contribution >= 0.6 is 11.6 Å². The quantitative estimate of drug-likeness (QED) is 0.724. The first-order valence-electron chi connectivity index (χ1n) is 8.59. The number of methoxy groups -OCH3 is 1. The summed E-state index contributed by atoms with van der Waals surface area (Å²) in [6.45, 7) is 0.480. The van der Waals surface area contributed by atoms with Gasteiger partial charge >= 0.3 is 0 Å². The third-order valence-electron chi connectivity index (χ3n) is 4.55. The predicted molar refractivity (Wildman–Crippen MR) is 102 cm³/mol. The second-order valence-corrected chi connectivity index (χ2v) is 6.68. The zero-order valence-electron chi connectivity index (χ0n) is 14.9. The predicted octanol–water partition coefficient (Wildman–Crippen LogP) is 2.24. The van der Waals surface area contributed by atoms with E-state index in [4.69, 9.17) is 16.3 Å². The average molecular weight is 398 g/mol. The van der Waals surface area contributed by atoms with Crippen molar-refractivity contribution < 1.29 is 9.53 Å². The average Bonchev–Trinajstić information content (AvgIpc) is 3.11. The molecular weight excluding hydrogens is 382 g/mol. The van der Waals surface area contributed by atoms with Crippen LogP contribution in [0.15, 0.2) is 47.7 Å². The van der Waals surface area contributed by atoms with E-state index >= 15 is 0 Å². The van der Waals surface area contributed by atoms with Crippen molar-refractivity contribution in [3.63, 3.8) is 0 Å². The topological polar surface area (TPSA) is 99.0 Å². The van der Waals surface area contributed by atoms with Crippen LogP contribution in [-0.4, -0.2) is 32.5 Å². The van der Waals surface area contributed by atoms with Gasteiger partial charge in [0.2, 0.25) is 0 Å². The number of fused-ring (bicyclic) bond motifs is 1. The van der Waals surface area contributed by atoms with Gasteiger partial charge in [-0.2, -0.15) is 0 Å². The summed E-state index contributed by atoms with van der Waals surface area (Å²) < 4.78 is 6.81. The minimum Gasteiger partial charge on any atom is -0.496 e. The monoisotopic (exact) mass is 397 g/mol. The van der Waals surface area contributed by atoms with Crippen LogP contribution in [0.4, 0.5) is 0 Å². The van der Waals surface area contributed by atoms with E-state index < -0.39 is 6.04 Å². The van der Waals surface area contributed by atoms with Gasteiger partial charge in [0.25, 0.3) is 11.5 Å². The molecule has 1 N–H and O–H groups in total.